The smallest absolute Gasteiger partial charge is 0.323 e. The van der Waals surface area contributed by atoms with Gasteiger partial charge in [0.05, 0.1) is 18.6 Å². The molecule has 12 nitrogen and oxygen atoms in total. The van der Waals surface area contributed by atoms with Gasteiger partial charge < -0.3 is 36.1 Å². The zero-order valence-electron chi connectivity index (χ0n) is 28.8. The molecule has 0 saturated carbocycles. The maximum absolute atomic E-state index is 14.5. The summed E-state index contributed by atoms with van der Waals surface area (Å²) in [4.78, 5) is 60.6. The fourth-order valence-electron chi connectivity index (χ4n) is 6.87. The highest BCUT2D eigenvalue weighted by Gasteiger charge is 2.45. The Kier molecular flexibility index (Phi) is 11.1. The Hall–Kier alpha value is -5.04. The lowest BCUT2D eigenvalue weighted by Crippen LogP contribution is -2.63. The molecule has 268 valence electrons. The third-order valence-corrected chi connectivity index (χ3v) is 9.81. The van der Waals surface area contributed by atoms with Gasteiger partial charge in [0.1, 0.15) is 30.5 Å². The van der Waals surface area contributed by atoms with Crippen molar-refractivity contribution in [3.05, 3.63) is 108 Å². The second-order valence-electron chi connectivity index (χ2n) is 13.9. The first kappa shape index (κ1) is 35.8. The number of amides is 3. The van der Waals surface area contributed by atoms with Gasteiger partial charge in [-0.3, -0.25) is 24.5 Å². The lowest BCUT2D eigenvalue weighted by Gasteiger charge is -2.34. The van der Waals surface area contributed by atoms with Crippen molar-refractivity contribution in [2.75, 3.05) is 6.54 Å². The molecule has 4 aromatic rings. The van der Waals surface area contributed by atoms with Crippen LogP contribution in [-0.2, 0) is 43.2 Å². The first-order valence-electron chi connectivity index (χ1n) is 17.5. The van der Waals surface area contributed by atoms with E-state index in [9.17, 15) is 24.3 Å². The Bertz CT molecular complexity index is 1830. The molecule has 3 aromatic carbocycles. The molecule has 51 heavy (non-hydrogen) atoms. The van der Waals surface area contributed by atoms with E-state index in [1.165, 1.54) is 4.90 Å². The number of carbonyl (C=O) groups excluding carboxylic acids is 4. The number of H-pyrrole nitrogens is 1. The molecule has 0 spiro atoms. The highest BCUT2D eigenvalue weighted by molar-refractivity contribution is 5.94. The third-order valence-electron chi connectivity index (χ3n) is 9.81. The summed E-state index contributed by atoms with van der Waals surface area (Å²) in [7, 11) is 0. The van der Waals surface area contributed by atoms with Crippen LogP contribution in [0, 0.1) is 5.92 Å². The third kappa shape index (κ3) is 8.47. The van der Waals surface area contributed by atoms with Crippen LogP contribution in [0.2, 0.25) is 0 Å². The molecule has 3 heterocycles. The van der Waals surface area contributed by atoms with Crippen LogP contribution >= 0.6 is 0 Å². The number of ether oxygens (including phenoxy) is 1. The van der Waals surface area contributed by atoms with Gasteiger partial charge in [-0.15, -0.1) is 0 Å². The van der Waals surface area contributed by atoms with Crippen LogP contribution in [0.3, 0.4) is 0 Å². The van der Waals surface area contributed by atoms with E-state index < -0.39 is 66.2 Å². The van der Waals surface area contributed by atoms with Crippen molar-refractivity contribution >= 4 is 34.6 Å². The highest BCUT2D eigenvalue weighted by Crippen LogP contribution is 2.25. The summed E-state index contributed by atoms with van der Waals surface area (Å²) >= 11 is 0. The van der Waals surface area contributed by atoms with Crippen molar-refractivity contribution in [3.63, 3.8) is 0 Å². The summed E-state index contributed by atoms with van der Waals surface area (Å²) in [6, 6.07) is 21.6. The topological polar surface area (TPSA) is 179 Å². The van der Waals surface area contributed by atoms with Crippen LogP contribution in [0.15, 0.2) is 91.1 Å². The highest BCUT2D eigenvalue weighted by atomic mass is 16.5. The summed E-state index contributed by atoms with van der Waals surface area (Å²) in [6.07, 6.45) is 0.283. The minimum atomic E-state index is -1.36. The number of nitrogens with two attached hydrogens (primary N) is 1. The number of aliphatic hydroxyl groups is 1. The van der Waals surface area contributed by atoms with Gasteiger partial charge in [0, 0.05) is 29.9 Å². The van der Waals surface area contributed by atoms with Gasteiger partial charge in [-0.25, -0.2) is 0 Å². The zero-order valence-corrected chi connectivity index (χ0v) is 28.8. The maximum Gasteiger partial charge on any atom is 0.323 e. The van der Waals surface area contributed by atoms with E-state index in [1.807, 2.05) is 105 Å². The number of aromatic nitrogens is 1. The molecule has 7 atom stereocenters. The number of aliphatic hydroxyl groups excluding tert-OH is 1. The summed E-state index contributed by atoms with van der Waals surface area (Å²) in [5, 5.41) is 21.7. The van der Waals surface area contributed by atoms with Crippen LogP contribution in [0.1, 0.15) is 37.0 Å². The number of rotatable bonds is 9. The number of carbonyl (C=O) groups is 4. The Balaban J connectivity index is 1.36. The van der Waals surface area contributed by atoms with Crippen molar-refractivity contribution < 1.29 is 29.0 Å². The van der Waals surface area contributed by atoms with Crippen molar-refractivity contribution in [2.45, 2.75) is 82.1 Å². The first-order chi connectivity index (χ1) is 24.6. The number of benzene rings is 3. The van der Waals surface area contributed by atoms with Crippen LogP contribution in [0.25, 0.3) is 10.9 Å². The molecule has 2 aliphatic heterocycles. The molecule has 7 N–H and O–H groups in total. The molecule has 1 aromatic heterocycles. The van der Waals surface area contributed by atoms with Crippen molar-refractivity contribution in [3.8, 4) is 0 Å². The number of nitrogens with one attached hydrogen (secondary N) is 4. The summed E-state index contributed by atoms with van der Waals surface area (Å²) in [5.74, 6) is -2.26. The Morgan fingerprint density at radius 1 is 0.863 bits per heavy atom. The second-order valence-corrected chi connectivity index (χ2v) is 13.9. The van der Waals surface area contributed by atoms with Gasteiger partial charge in [0.15, 0.2) is 0 Å². The maximum atomic E-state index is 14.5. The average Bonchev–Trinajstić information content (AvgIpc) is 3.74. The zero-order chi connectivity index (χ0) is 36.1. The fourth-order valence-corrected chi connectivity index (χ4v) is 6.87. The van der Waals surface area contributed by atoms with E-state index in [2.05, 4.69) is 20.9 Å². The molecule has 6 rings (SSSR count). The second kappa shape index (κ2) is 15.9. The van der Waals surface area contributed by atoms with Gasteiger partial charge in [0.2, 0.25) is 17.7 Å². The van der Waals surface area contributed by atoms with Gasteiger partial charge in [0.25, 0.3) is 0 Å². The van der Waals surface area contributed by atoms with E-state index >= 15 is 0 Å². The van der Waals surface area contributed by atoms with E-state index in [0.717, 1.165) is 27.6 Å². The minimum Gasteiger partial charge on any atom is -0.459 e. The summed E-state index contributed by atoms with van der Waals surface area (Å²) in [5.41, 5.74) is 9.47. The van der Waals surface area contributed by atoms with Crippen molar-refractivity contribution in [1.29, 1.82) is 0 Å². The normalized spacial score (nSPS) is 25.0. The molecule has 0 radical (unpaired) electrons. The summed E-state index contributed by atoms with van der Waals surface area (Å²) < 4.78 is 5.76. The van der Waals surface area contributed by atoms with Crippen LogP contribution in [-0.4, -0.2) is 87.8 Å². The van der Waals surface area contributed by atoms with E-state index in [-0.39, 0.29) is 38.1 Å². The molecular weight excluding hydrogens is 648 g/mol. The van der Waals surface area contributed by atoms with Crippen molar-refractivity contribution in [1.82, 2.24) is 25.8 Å². The number of aromatic amines is 1. The van der Waals surface area contributed by atoms with Crippen LogP contribution in [0.5, 0.6) is 0 Å². The Morgan fingerprint density at radius 3 is 2.20 bits per heavy atom. The van der Waals surface area contributed by atoms with Gasteiger partial charge in [-0.1, -0.05) is 92.7 Å². The standard InChI is InChI=1S/C39H46N6O6/c1-23(2)34(40)39(50)51-27-20-33-37(48)43-30(17-24-11-5-3-6-12-24)35(46)42-31(19-26-21-41-29-16-10-9-15-28(26)29)36(47)44-32(38(49)45(33)22-27)18-25-13-7-4-8-14-25/h3-16,21,23,27,30-35,41-42,46H,17-20,22,40H2,1-2H3,(H,43,48)(H,44,47)/t27-,30+,31-,32+,33-,34+,35?/m1/s1. The predicted molar refractivity (Wildman–Crippen MR) is 192 cm³/mol. The summed E-state index contributed by atoms with van der Waals surface area (Å²) in [6.45, 7) is 3.56. The molecule has 0 bridgehead atoms. The number of fused-ring (bicyclic) bond motifs is 2. The van der Waals surface area contributed by atoms with E-state index in [0.29, 0.717) is 0 Å². The molecule has 2 fully saturated rings. The number of esters is 1. The SMILES string of the molecule is CC(C)[C@H](N)C(=O)O[C@@H]1C[C@@H]2C(=O)N[C@@H](Cc3ccccc3)C(O)N[C@H](Cc3c[nH]c4ccccc34)C(=O)N[C@@H](Cc3ccccc3)C(=O)N2C1. The number of hydrogen-bond acceptors (Lipinski definition) is 8. The largest absolute Gasteiger partial charge is 0.459 e. The quantitative estimate of drug-likeness (QED) is 0.144. The predicted octanol–water partition coefficient (Wildman–Crippen LogP) is 1.95. The first-order valence-corrected chi connectivity index (χ1v) is 17.5. The van der Waals surface area contributed by atoms with Crippen LogP contribution in [0.4, 0.5) is 0 Å². The van der Waals surface area contributed by atoms with Gasteiger partial charge >= 0.3 is 5.97 Å². The number of hydrogen-bond donors (Lipinski definition) is 6. The molecule has 12 heteroatoms. The monoisotopic (exact) mass is 694 g/mol. The van der Waals surface area contributed by atoms with Gasteiger partial charge in [-0.2, -0.15) is 0 Å². The fraction of sp³-hybridized carbons (Fsp3) is 0.385. The minimum absolute atomic E-state index is 0.0326. The molecule has 2 aliphatic rings. The van der Waals surface area contributed by atoms with Gasteiger partial charge in [-0.05, 0) is 41.5 Å². The lowest BCUT2D eigenvalue weighted by atomic mass is 9.99. The van der Waals surface area contributed by atoms with Crippen LogP contribution < -0.4 is 21.7 Å². The molecule has 0 aliphatic carbocycles. The van der Waals surface area contributed by atoms with E-state index in [1.54, 1.807) is 0 Å². The number of para-hydroxylation sites is 1. The lowest BCUT2D eigenvalue weighted by molar-refractivity contribution is -0.152. The molecular formula is C39H46N6O6. The average molecular weight is 695 g/mol. The Morgan fingerprint density at radius 2 is 1.51 bits per heavy atom. The number of nitrogens with zero attached hydrogens (tertiary/aromatic N) is 1. The molecule has 3 amide bonds. The van der Waals surface area contributed by atoms with E-state index in [4.69, 9.17) is 10.5 Å². The molecule has 1 unspecified atom stereocenters. The molecule has 2 saturated heterocycles. The Labute approximate surface area is 297 Å². The van der Waals surface area contributed by atoms with Crippen molar-refractivity contribution in [2.24, 2.45) is 11.7 Å².